The molecule has 1 N–H and O–H groups in total. The number of ether oxygens (including phenoxy) is 1. The molecule has 0 saturated heterocycles. The molecule has 16 heavy (non-hydrogen) atoms. The quantitative estimate of drug-likeness (QED) is 0.616. The minimum atomic E-state index is -0.808. The van der Waals surface area contributed by atoms with Gasteiger partial charge in [-0.2, -0.15) is 0 Å². The van der Waals surface area contributed by atoms with Crippen LogP contribution in [0.15, 0.2) is 18.2 Å². The lowest BCUT2D eigenvalue weighted by Gasteiger charge is -2.24. The molecule has 1 aromatic carbocycles. The SMILES string of the molecule is O=[N+]([O-])OCC1COc2c(O)cccc2C1. The van der Waals surface area contributed by atoms with Crippen molar-refractivity contribution in [3.8, 4) is 11.5 Å². The third-order valence-electron chi connectivity index (χ3n) is 2.46. The van der Waals surface area contributed by atoms with E-state index in [-0.39, 0.29) is 18.3 Å². The maximum Gasteiger partial charge on any atom is 0.294 e. The Morgan fingerprint density at radius 1 is 1.62 bits per heavy atom. The lowest BCUT2D eigenvalue weighted by molar-refractivity contribution is -0.759. The standard InChI is InChI=1S/C10H11NO5/c12-9-3-1-2-8-4-7(5-15-10(8)9)6-16-11(13)14/h1-3,7,12H,4-6H2. The largest absolute Gasteiger partial charge is 0.504 e. The first-order valence-electron chi connectivity index (χ1n) is 4.88. The normalized spacial score (nSPS) is 18.4. The zero-order valence-electron chi connectivity index (χ0n) is 8.46. The van der Waals surface area contributed by atoms with Gasteiger partial charge in [-0.05, 0) is 18.1 Å². The van der Waals surface area contributed by atoms with E-state index in [9.17, 15) is 15.2 Å². The average Bonchev–Trinajstić information content (AvgIpc) is 2.26. The Morgan fingerprint density at radius 2 is 2.44 bits per heavy atom. The number of hydrogen-bond donors (Lipinski definition) is 1. The predicted molar refractivity (Wildman–Crippen MR) is 53.7 cm³/mol. The summed E-state index contributed by atoms with van der Waals surface area (Å²) in [4.78, 5) is 14.4. The summed E-state index contributed by atoms with van der Waals surface area (Å²) in [5.41, 5.74) is 0.850. The summed E-state index contributed by atoms with van der Waals surface area (Å²) in [5.74, 6) is 0.519. The van der Waals surface area contributed by atoms with Crippen molar-refractivity contribution in [3.05, 3.63) is 33.9 Å². The van der Waals surface area contributed by atoms with Crippen LogP contribution in [0.25, 0.3) is 0 Å². The molecule has 1 aliphatic rings. The second-order valence-electron chi connectivity index (χ2n) is 3.67. The maximum atomic E-state index is 10.0. The fraction of sp³-hybridized carbons (Fsp3) is 0.400. The molecule has 0 bridgehead atoms. The number of hydrogen-bond acceptors (Lipinski definition) is 5. The molecule has 0 saturated carbocycles. The molecule has 0 aromatic heterocycles. The minimum absolute atomic E-state index is 0.0160. The van der Waals surface area contributed by atoms with E-state index in [4.69, 9.17) is 4.74 Å². The minimum Gasteiger partial charge on any atom is -0.504 e. The van der Waals surface area contributed by atoms with Crippen molar-refractivity contribution in [3.63, 3.8) is 0 Å². The summed E-state index contributed by atoms with van der Waals surface area (Å²) in [7, 11) is 0. The topological polar surface area (TPSA) is 81.8 Å². The van der Waals surface area contributed by atoms with Crippen molar-refractivity contribution < 1.29 is 19.8 Å². The number of para-hydroxylation sites is 1. The van der Waals surface area contributed by atoms with Crippen molar-refractivity contribution >= 4 is 0 Å². The molecule has 1 unspecified atom stereocenters. The highest BCUT2D eigenvalue weighted by Gasteiger charge is 2.22. The van der Waals surface area contributed by atoms with Crippen LogP contribution in [-0.2, 0) is 11.3 Å². The fourth-order valence-electron chi connectivity index (χ4n) is 1.74. The van der Waals surface area contributed by atoms with E-state index in [0.717, 1.165) is 5.56 Å². The van der Waals surface area contributed by atoms with Gasteiger partial charge >= 0.3 is 0 Å². The summed E-state index contributed by atoms with van der Waals surface area (Å²) in [6, 6.07) is 5.09. The van der Waals surface area contributed by atoms with Crippen LogP contribution < -0.4 is 4.74 Å². The Balaban J connectivity index is 2.04. The van der Waals surface area contributed by atoms with Gasteiger partial charge in [0.2, 0.25) is 0 Å². The first-order valence-corrected chi connectivity index (χ1v) is 4.88. The first-order chi connectivity index (χ1) is 7.66. The average molecular weight is 225 g/mol. The maximum absolute atomic E-state index is 10.0. The van der Waals surface area contributed by atoms with E-state index < -0.39 is 5.09 Å². The lowest BCUT2D eigenvalue weighted by Crippen LogP contribution is -2.26. The van der Waals surface area contributed by atoms with Crippen molar-refractivity contribution in [2.75, 3.05) is 13.2 Å². The van der Waals surface area contributed by atoms with E-state index >= 15 is 0 Å². The Morgan fingerprint density at radius 3 is 3.19 bits per heavy atom. The third-order valence-corrected chi connectivity index (χ3v) is 2.46. The predicted octanol–water partition coefficient (Wildman–Crippen LogP) is 1.15. The number of nitrogens with zero attached hydrogens (tertiary/aromatic N) is 1. The van der Waals surface area contributed by atoms with Crippen LogP contribution in [0.1, 0.15) is 5.56 Å². The molecule has 2 rings (SSSR count). The van der Waals surface area contributed by atoms with Crippen LogP contribution in [-0.4, -0.2) is 23.4 Å². The molecule has 0 amide bonds. The molecule has 1 aromatic rings. The number of phenols is 1. The number of rotatable bonds is 3. The Hall–Kier alpha value is -1.98. The van der Waals surface area contributed by atoms with Gasteiger partial charge in [-0.1, -0.05) is 12.1 Å². The zero-order chi connectivity index (χ0) is 11.5. The summed E-state index contributed by atoms with van der Waals surface area (Å²) in [6.45, 7) is 0.334. The monoisotopic (exact) mass is 225 g/mol. The summed E-state index contributed by atoms with van der Waals surface area (Å²) >= 11 is 0. The van der Waals surface area contributed by atoms with Gasteiger partial charge in [0.05, 0.1) is 6.61 Å². The molecule has 1 heterocycles. The molecule has 1 atom stereocenters. The highest BCUT2D eigenvalue weighted by molar-refractivity contribution is 5.46. The molecular formula is C10H11NO5. The molecule has 6 nitrogen and oxygen atoms in total. The first kappa shape index (κ1) is 10.5. The number of benzene rings is 1. The highest BCUT2D eigenvalue weighted by Crippen LogP contribution is 2.35. The molecule has 0 aliphatic carbocycles. The van der Waals surface area contributed by atoms with Gasteiger partial charge in [0.1, 0.15) is 6.61 Å². The van der Waals surface area contributed by atoms with E-state index in [1.165, 1.54) is 0 Å². The van der Waals surface area contributed by atoms with Gasteiger partial charge in [-0.15, -0.1) is 10.1 Å². The van der Waals surface area contributed by atoms with E-state index in [1.54, 1.807) is 12.1 Å². The number of fused-ring (bicyclic) bond motifs is 1. The molecule has 6 heteroatoms. The second-order valence-corrected chi connectivity index (χ2v) is 3.67. The van der Waals surface area contributed by atoms with Gasteiger partial charge < -0.3 is 14.7 Å². The summed E-state index contributed by atoms with van der Waals surface area (Å²) in [6.07, 6.45) is 0.609. The van der Waals surface area contributed by atoms with Crippen molar-refractivity contribution in [2.45, 2.75) is 6.42 Å². The van der Waals surface area contributed by atoms with Crippen LogP contribution in [0.5, 0.6) is 11.5 Å². The van der Waals surface area contributed by atoms with Gasteiger partial charge in [0.25, 0.3) is 5.09 Å². The van der Waals surface area contributed by atoms with Gasteiger partial charge in [-0.3, -0.25) is 0 Å². The molecule has 0 fully saturated rings. The smallest absolute Gasteiger partial charge is 0.294 e. The lowest BCUT2D eigenvalue weighted by atomic mass is 9.97. The Kier molecular flexibility index (Phi) is 2.80. The van der Waals surface area contributed by atoms with Crippen molar-refractivity contribution in [1.29, 1.82) is 0 Å². The fourth-order valence-corrected chi connectivity index (χ4v) is 1.74. The second kappa shape index (κ2) is 4.26. The zero-order valence-corrected chi connectivity index (χ0v) is 8.46. The van der Waals surface area contributed by atoms with Gasteiger partial charge in [0, 0.05) is 5.92 Å². The van der Waals surface area contributed by atoms with Crippen LogP contribution in [0.3, 0.4) is 0 Å². The van der Waals surface area contributed by atoms with Crippen LogP contribution >= 0.6 is 0 Å². The number of phenolic OH excluding ortho intramolecular Hbond substituents is 1. The Bertz CT molecular complexity index is 406. The van der Waals surface area contributed by atoms with E-state index in [2.05, 4.69) is 4.84 Å². The molecular weight excluding hydrogens is 214 g/mol. The molecule has 86 valence electrons. The van der Waals surface area contributed by atoms with Crippen LogP contribution in [0, 0.1) is 16.0 Å². The van der Waals surface area contributed by atoms with Gasteiger partial charge in [-0.25, -0.2) is 0 Å². The van der Waals surface area contributed by atoms with E-state index in [1.807, 2.05) is 6.07 Å². The summed E-state index contributed by atoms with van der Waals surface area (Å²) in [5, 5.41) is 18.7. The van der Waals surface area contributed by atoms with Crippen molar-refractivity contribution in [2.24, 2.45) is 5.92 Å². The Labute approximate surface area is 91.5 Å². The third kappa shape index (κ3) is 2.16. The number of aromatic hydroxyl groups is 1. The van der Waals surface area contributed by atoms with E-state index in [0.29, 0.717) is 18.8 Å². The van der Waals surface area contributed by atoms with Crippen LogP contribution in [0.2, 0.25) is 0 Å². The van der Waals surface area contributed by atoms with Crippen LogP contribution in [0.4, 0.5) is 0 Å². The van der Waals surface area contributed by atoms with Crippen molar-refractivity contribution in [1.82, 2.24) is 0 Å². The van der Waals surface area contributed by atoms with Gasteiger partial charge in [0.15, 0.2) is 11.5 Å². The molecule has 0 radical (unpaired) electrons. The molecule has 1 aliphatic heterocycles. The highest BCUT2D eigenvalue weighted by atomic mass is 16.9. The molecule has 0 spiro atoms. The summed E-state index contributed by atoms with van der Waals surface area (Å²) < 4.78 is 5.35.